The number of allylic oxidation sites excluding steroid dienone is 2. The van der Waals surface area contributed by atoms with Gasteiger partial charge >= 0.3 is 60.3 Å². The van der Waals surface area contributed by atoms with E-state index in [9.17, 15) is 0 Å². The SMILES string of the molecule is CC1=C[CH]=[In][C](C)=N1. The van der Waals surface area contributed by atoms with Gasteiger partial charge in [0.1, 0.15) is 0 Å². The number of aliphatic imine (C=N–C) groups is 1. The molecule has 0 aromatic rings. The van der Waals surface area contributed by atoms with Crippen molar-refractivity contribution >= 4 is 29.7 Å². The van der Waals surface area contributed by atoms with Crippen molar-refractivity contribution in [2.24, 2.45) is 4.99 Å². The molecule has 0 atom stereocenters. The first-order valence-corrected chi connectivity index (χ1v) is 6.24. The summed E-state index contributed by atoms with van der Waals surface area (Å²) in [6, 6.07) is 0. The summed E-state index contributed by atoms with van der Waals surface area (Å²) < 4.78 is 3.73. The van der Waals surface area contributed by atoms with Crippen LogP contribution >= 0.6 is 0 Å². The Morgan fingerprint density at radius 2 is 2.25 bits per heavy atom. The number of nitrogens with zero attached hydrogens (tertiary/aromatic N) is 1. The van der Waals surface area contributed by atoms with Gasteiger partial charge < -0.3 is 0 Å². The van der Waals surface area contributed by atoms with Crippen LogP contribution in [0.5, 0.6) is 0 Å². The fourth-order valence-electron chi connectivity index (χ4n) is 0.679. The summed E-state index contributed by atoms with van der Waals surface area (Å²) in [5, 5.41) is 0. The van der Waals surface area contributed by atoms with Gasteiger partial charge in [-0.1, -0.05) is 0 Å². The molecule has 1 heterocycles. The molecule has 0 N–H and O–H groups in total. The summed E-state index contributed by atoms with van der Waals surface area (Å²) in [5.74, 6) is 0. The van der Waals surface area contributed by atoms with Gasteiger partial charge in [-0.25, -0.2) is 0 Å². The Kier molecular flexibility index (Phi) is 2.06. The van der Waals surface area contributed by atoms with Gasteiger partial charge in [0.05, 0.1) is 0 Å². The van der Waals surface area contributed by atoms with Crippen LogP contribution in [0, 0.1) is 0 Å². The second-order valence-corrected chi connectivity index (χ2v) is 6.36. The molecule has 0 aliphatic carbocycles. The van der Waals surface area contributed by atoms with Gasteiger partial charge in [0.2, 0.25) is 0 Å². The van der Waals surface area contributed by atoms with Gasteiger partial charge in [-0.05, 0) is 0 Å². The molecule has 1 aliphatic heterocycles. The second-order valence-electron chi connectivity index (χ2n) is 1.92. The number of rotatable bonds is 0. The molecule has 0 aromatic heterocycles. The molecule has 2 heteroatoms. The maximum atomic E-state index is 4.31. The van der Waals surface area contributed by atoms with Crippen LogP contribution in [0.4, 0.5) is 0 Å². The van der Waals surface area contributed by atoms with E-state index < -0.39 is 22.4 Å². The van der Waals surface area contributed by atoms with E-state index in [4.69, 9.17) is 0 Å². The topological polar surface area (TPSA) is 12.4 Å². The second kappa shape index (κ2) is 2.63. The van der Waals surface area contributed by atoms with E-state index in [1.165, 1.54) is 9.17 Å². The average Bonchev–Trinajstić information content (AvgIpc) is 1.64. The van der Waals surface area contributed by atoms with Gasteiger partial charge in [-0.3, -0.25) is 0 Å². The Bertz CT molecular complexity index is 174. The third-order valence-corrected chi connectivity index (χ3v) is 3.87. The van der Waals surface area contributed by atoms with E-state index in [1.807, 2.05) is 6.92 Å². The van der Waals surface area contributed by atoms with Crippen molar-refractivity contribution in [3.05, 3.63) is 11.8 Å². The van der Waals surface area contributed by atoms with Crippen LogP contribution in [-0.2, 0) is 0 Å². The van der Waals surface area contributed by atoms with Crippen molar-refractivity contribution in [2.75, 3.05) is 0 Å². The molecule has 0 amide bonds. The summed E-state index contributed by atoms with van der Waals surface area (Å²) >= 11 is -0.446. The predicted octanol–water partition coefficient (Wildman–Crippen LogP) is 0.829. The fourth-order valence-corrected chi connectivity index (χ4v) is 3.34. The zero-order chi connectivity index (χ0) is 5.98. The molecule has 1 aliphatic rings. The van der Waals surface area contributed by atoms with E-state index in [2.05, 4.69) is 21.8 Å². The summed E-state index contributed by atoms with van der Waals surface area (Å²) in [4.78, 5) is 4.31. The Balaban J connectivity index is 2.89. The first-order chi connectivity index (χ1) is 3.79. The molecular weight excluding hydrogens is 201 g/mol. The van der Waals surface area contributed by atoms with Crippen molar-refractivity contribution in [2.45, 2.75) is 13.8 Å². The normalized spacial score (nSPS) is 16.8. The Morgan fingerprint density at radius 1 is 1.50 bits per heavy atom. The zero-order valence-electron chi connectivity index (χ0n) is 5.18. The molecule has 1 rings (SSSR count). The first-order valence-electron chi connectivity index (χ1n) is 2.69. The van der Waals surface area contributed by atoms with Crippen molar-refractivity contribution in [3.8, 4) is 0 Å². The van der Waals surface area contributed by atoms with E-state index in [0.717, 1.165) is 0 Å². The standard InChI is InChI=1S/C6H8N.In/c1-4-6(3)7-5-2;/h1,4H,2-3H3;. The molecule has 0 saturated heterocycles. The van der Waals surface area contributed by atoms with Gasteiger partial charge in [-0.15, -0.1) is 0 Å². The summed E-state index contributed by atoms with van der Waals surface area (Å²) in [6.07, 6.45) is 2.13. The summed E-state index contributed by atoms with van der Waals surface area (Å²) in [7, 11) is 0. The van der Waals surface area contributed by atoms with Crippen LogP contribution in [0.15, 0.2) is 16.8 Å². The monoisotopic (exact) mass is 209 g/mol. The Hall–Kier alpha value is 0.150. The van der Waals surface area contributed by atoms with Gasteiger partial charge in [0.25, 0.3) is 0 Å². The van der Waals surface area contributed by atoms with Crippen molar-refractivity contribution in [1.82, 2.24) is 0 Å². The van der Waals surface area contributed by atoms with Gasteiger partial charge in [-0.2, -0.15) is 0 Å². The molecule has 1 nitrogen and oxygen atoms in total. The van der Waals surface area contributed by atoms with E-state index in [-0.39, 0.29) is 0 Å². The molecule has 0 fully saturated rings. The summed E-state index contributed by atoms with van der Waals surface area (Å²) in [6.45, 7) is 4.18. The van der Waals surface area contributed by atoms with Crippen LogP contribution in [0.25, 0.3) is 0 Å². The van der Waals surface area contributed by atoms with Crippen LogP contribution in [-0.4, -0.2) is 29.7 Å². The molecule has 0 radical (unpaired) electrons. The molecule has 0 bridgehead atoms. The Labute approximate surface area is 60.3 Å². The van der Waals surface area contributed by atoms with Crippen molar-refractivity contribution in [1.29, 1.82) is 0 Å². The van der Waals surface area contributed by atoms with E-state index >= 15 is 0 Å². The maximum absolute atomic E-state index is 4.31. The molecule has 0 saturated carbocycles. The minimum absolute atomic E-state index is 0.446. The van der Waals surface area contributed by atoms with Crippen molar-refractivity contribution < 1.29 is 0 Å². The molecule has 40 valence electrons. The average molecular weight is 209 g/mol. The quantitative estimate of drug-likeness (QED) is 0.560. The van der Waals surface area contributed by atoms with E-state index in [1.54, 1.807) is 0 Å². The molecule has 0 unspecified atom stereocenters. The molecule has 8 heavy (non-hydrogen) atoms. The zero-order valence-corrected chi connectivity index (χ0v) is 8.47. The van der Waals surface area contributed by atoms with Gasteiger partial charge in [0, 0.05) is 0 Å². The number of hydrogen-bond donors (Lipinski definition) is 0. The fraction of sp³-hybridized carbons (Fsp3) is 0.333. The van der Waals surface area contributed by atoms with Crippen LogP contribution in [0.3, 0.4) is 0 Å². The molecular formula is C6H8InN. The molecule has 0 spiro atoms. The first kappa shape index (κ1) is 6.27. The third-order valence-electron chi connectivity index (χ3n) is 1.03. The third kappa shape index (κ3) is 1.58. The predicted molar refractivity (Wildman–Crippen MR) is 38.7 cm³/mol. The minimum atomic E-state index is -0.446. The molecule has 0 aromatic carbocycles. The van der Waals surface area contributed by atoms with E-state index in [0.29, 0.717) is 0 Å². The summed E-state index contributed by atoms with van der Waals surface area (Å²) in [5.41, 5.74) is 1.17. The van der Waals surface area contributed by atoms with Gasteiger partial charge in [0.15, 0.2) is 0 Å². The number of hydrogen-bond acceptors (Lipinski definition) is 1. The Morgan fingerprint density at radius 3 is 2.62 bits per heavy atom. The van der Waals surface area contributed by atoms with Crippen LogP contribution < -0.4 is 0 Å². The van der Waals surface area contributed by atoms with Crippen LogP contribution in [0.1, 0.15) is 13.8 Å². The van der Waals surface area contributed by atoms with Crippen molar-refractivity contribution in [3.63, 3.8) is 0 Å². The van der Waals surface area contributed by atoms with Crippen LogP contribution in [0.2, 0.25) is 0 Å².